The molecule has 0 aromatic carbocycles. The molecule has 3 fully saturated rings. The molecule has 0 aromatic heterocycles. The molecule has 0 aromatic rings. The number of nitrogens with two attached hydrogens (primary N) is 1. The lowest BCUT2D eigenvalue weighted by Gasteiger charge is -2.40. The fourth-order valence-electron chi connectivity index (χ4n) is 5.61. The number of fused-ring (bicyclic) bond motifs is 3. The fourth-order valence-corrected chi connectivity index (χ4v) is 5.61. The molecule has 20 heavy (non-hydrogen) atoms. The molecule has 3 aliphatic carbocycles. The predicted octanol–water partition coefficient (Wildman–Crippen LogP) is 4.00. The van der Waals surface area contributed by atoms with Crippen molar-refractivity contribution in [2.45, 2.75) is 76.4 Å². The van der Waals surface area contributed by atoms with Crippen molar-refractivity contribution in [2.75, 3.05) is 0 Å². The molecule has 2 nitrogen and oxygen atoms in total. The van der Waals surface area contributed by atoms with Crippen LogP contribution in [0.25, 0.3) is 0 Å². The van der Waals surface area contributed by atoms with E-state index in [1.165, 1.54) is 70.0 Å². The van der Waals surface area contributed by atoms with Gasteiger partial charge in [-0.3, -0.25) is 0 Å². The van der Waals surface area contributed by atoms with Gasteiger partial charge in [-0.05, 0) is 43.6 Å². The third-order valence-electron chi connectivity index (χ3n) is 6.47. The molecule has 5 atom stereocenters. The van der Waals surface area contributed by atoms with Gasteiger partial charge in [-0.2, -0.15) is 0 Å². The normalized spacial score (nSPS) is 45.2. The highest BCUT2D eigenvalue weighted by atomic mass is 16.5. The average molecular weight is 275 g/mol. The van der Waals surface area contributed by atoms with Crippen LogP contribution in [0.1, 0.15) is 64.2 Å². The van der Waals surface area contributed by atoms with Crippen LogP contribution in [0.5, 0.6) is 0 Å². The quantitative estimate of drug-likeness (QED) is 0.785. The van der Waals surface area contributed by atoms with Crippen LogP contribution >= 0.6 is 0 Å². The average Bonchev–Trinajstić information content (AvgIpc) is 2.85. The third kappa shape index (κ3) is 2.20. The summed E-state index contributed by atoms with van der Waals surface area (Å²) in [5, 5.41) is 0. The molecule has 1 heterocycles. The SMILES string of the molecule is NC1C=C2OC3CCCCC3C2C(C2CCCCC2)C1. The van der Waals surface area contributed by atoms with Gasteiger partial charge >= 0.3 is 0 Å². The van der Waals surface area contributed by atoms with Gasteiger partial charge < -0.3 is 10.5 Å². The highest BCUT2D eigenvalue weighted by molar-refractivity contribution is 5.18. The Morgan fingerprint density at radius 3 is 2.50 bits per heavy atom. The van der Waals surface area contributed by atoms with Gasteiger partial charge in [0, 0.05) is 17.9 Å². The summed E-state index contributed by atoms with van der Waals surface area (Å²) in [4.78, 5) is 0. The maximum absolute atomic E-state index is 6.34. The zero-order valence-electron chi connectivity index (χ0n) is 12.6. The van der Waals surface area contributed by atoms with Gasteiger partial charge in [0.15, 0.2) is 0 Å². The summed E-state index contributed by atoms with van der Waals surface area (Å²) in [6, 6.07) is 0.244. The lowest BCUT2D eigenvalue weighted by atomic mass is 9.63. The number of hydrogen-bond donors (Lipinski definition) is 1. The second kappa shape index (κ2) is 5.36. The highest BCUT2D eigenvalue weighted by Crippen LogP contribution is 2.53. The lowest BCUT2D eigenvalue weighted by molar-refractivity contribution is 0.0908. The first-order chi connectivity index (χ1) is 9.83. The van der Waals surface area contributed by atoms with Crippen molar-refractivity contribution in [3.8, 4) is 0 Å². The van der Waals surface area contributed by atoms with Gasteiger partial charge in [-0.25, -0.2) is 0 Å². The van der Waals surface area contributed by atoms with E-state index in [-0.39, 0.29) is 6.04 Å². The maximum Gasteiger partial charge on any atom is 0.102 e. The Hall–Kier alpha value is -0.500. The molecule has 0 amide bonds. The minimum atomic E-state index is 0.244. The van der Waals surface area contributed by atoms with Crippen LogP contribution in [-0.4, -0.2) is 12.1 Å². The van der Waals surface area contributed by atoms with Crippen molar-refractivity contribution in [2.24, 2.45) is 29.4 Å². The van der Waals surface area contributed by atoms with Crippen molar-refractivity contribution in [3.63, 3.8) is 0 Å². The van der Waals surface area contributed by atoms with E-state index in [0.29, 0.717) is 6.10 Å². The van der Waals surface area contributed by atoms with Crippen LogP contribution < -0.4 is 5.73 Å². The molecule has 2 saturated carbocycles. The second-order valence-corrected chi connectivity index (χ2v) is 7.66. The zero-order chi connectivity index (χ0) is 13.5. The van der Waals surface area contributed by atoms with E-state index in [1.807, 2.05) is 0 Å². The van der Waals surface area contributed by atoms with Crippen LogP contribution in [0.2, 0.25) is 0 Å². The molecule has 0 bridgehead atoms. The van der Waals surface area contributed by atoms with E-state index in [2.05, 4.69) is 6.08 Å². The van der Waals surface area contributed by atoms with E-state index in [1.54, 1.807) is 0 Å². The molecule has 1 aliphatic heterocycles. The molecular weight excluding hydrogens is 246 g/mol. The molecular formula is C18H29NO. The van der Waals surface area contributed by atoms with Crippen LogP contribution in [-0.2, 0) is 4.74 Å². The Kier molecular flexibility index (Phi) is 3.54. The Bertz CT molecular complexity index is 385. The third-order valence-corrected chi connectivity index (χ3v) is 6.47. The summed E-state index contributed by atoms with van der Waals surface area (Å²) in [6.07, 6.45) is 16.7. The zero-order valence-corrected chi connectivity index (χ0v) is 12.6. The van der Waals surface area contributed by atoms with Crippen molar-refractivity contribution in [1.82, 2.24) is 0 Å². The first-order valence-electron chi connectivity index (χ1n) is 8.97. The first kappa shape index (κ1) is 13.2. The first-order valence-corrected chi connectivity index (χ1v) is 8.97. The summed E-state index contributed by atoms with van der Waals surface area (Å²) in [5.41, 5.74) is 6.32. The Morgan fingerprint density at radius 1 is 0.900 bits per heavy atom. The number of ether oxygens (including phenoxy) is 1. The van der Waals surface area contributed by atoms with Crippen LogP contribution in [0.15, 0.2) is 11.8 Å². The molecule has 112 valence electrons. The van der Waals surface area contributed by atoms with Gasteiger partial charge in [-0.1, -0.05) is 38.5 Å². The van der Waals surface area contributed by atoms with Gasteiger partial charge in [0.05, 0.1) is 5.76 Å². The minimum Gasteiger partial charge on any atom is -0.494 e. The van der Waals surface area contributed by atoms with Crippen molar-refractivity contribution >= 4 is 0 Å². The van der Waals surface area contributed by atoms with Crippen molar-refractivity contribution < 1.29 is 4.74 Å². The standard InChI is InChI=1S/C18H29NO/c19-13-10-15(12-6-2-1-3-7-12)18-14-8-4-5-9-16(14)20-17(18)11-13/h11-16,18H,1-10,19H2. The molecule has 0 radical (unpaired) electrons. The second-order valence-electron chi connectivity index (χ2n) is 7.66. The topological polar surface area (TPSA) is 35.2 Å². The summed E-state index contributed by atoms with van der Waals surface area (Å²) < 4.78 is 6.34. The van der Waals surface area contributed by atoms with E-state index in [4.69, 9.17) is 10.5 Å². The Morgan fingerprint density at radius 2 is 1.65 bits per heavy atom. The fraction of sp³-hybridized carbons (Fsp3) is 0.889. The van der Waals surface area contributed by atoms with Gasteiger partial charge in [0.2, 0.25) is 0 Å². The molecule has 5 unspecified atom stereocenters. The summed E-state index contributed by atoms with van der Waals surface area (Å²) in [5.74, 6) is 4.58. The largest absolute Gasteiger partial charge is 0.494 e. The molecule has 2 heteroatoms. The van der Waals surface area contributed by atoms with Crippen molar-refractivity contribution in [1.29, 1.82) is 0 Å². The van der Waals surface area contributed by atoms with Crippen molar-refractivity contribution in [3.05, 3.63) is 11.8 Å². The summed E-state index contributed by atoms with van der Waals surface area (Å²) in [6.45, 7) is 0. The van der Waals surface area contributed by atoms with E-state index >= 15 is 0 Å². The maximum atomic E-state index is 6.34. The van der Waals surface area contributed by atoms with Crippen LogP contribution in [0.4, 0.5) is 0 Å². The number of allylic oxidation sites excluding steroid dienone is 1. The van der Waals surface area contributed by atoms with E-state index in [0.717, 1.165) is 23.7 Å². The van der Waals surface area contributed by atoms with Gasteiger partial charge in [-0.15, -0.1) is 0 Å². The highest BCUT2D eigenvalue weighted by Gasteiger charge is 2.49. The minimum absolute atomic E-state index is 0.244. The van der Waals surface area contributed by atoms with Gasteiger partial charge in [0.1, 0.15) is 6.10 Å². The van der Waals surface area contributed by atoms with Crippen LogP contribution in [0.3, 0.4) is 0 Å². The number of hydrogen-bond acceptors (Lipinski definition) is 2. The monoisotopic (exact) mass is 275 g/mol. The number of rotatable bonds is 1. The van der Waals surface area contributed by atoms with Gasteiger partial charge in [0.25, 0.3) is 0 Å². The molecule has 4 aliphatic rings. The van der Waals surface area contributed by atoms with E-state index in [9.17, 15) is 0 Å². The Labute approximate surface area is 123 Å². The summed E-state index contributed by atoms with van der Waals surface area (Å²) in [7, 11) is 0. The summed E-state index contributed by atoms with van der Waals surface area (Å²) >= 11 is 0. The van der Waals surface area contributed by atoms with Crippen LogP contribution in [0, 0.1) is 23.7 Å². The lowest BCUT2D eigenvalue weighted by Crippen LogP contribution is -2.39. The predicted molar refractivity (Wildman–Crippen MR) is 81.1 cm³/mol. The molecule has 4 rings (SSSR count). The molecule has 2 N–H and O–H groups in total. The molecule has 1 saturated heterocycles. The Balaban J connectivity index is 1.60. The van der Waals surface area contributed by atoms with E-state index < -0.39 is 0 Å². The molecule has 0 spiro atoms. The smallest absolute Gasteiger partial charge is 0.102 e.